The van der Waals surface area contributed by atoms with Crippen LogP contribution >= 0.6 is 0 Å². The Morgan fingerprint density at radius 3 is 2.44 bits per heavy atom. The summed E-state index contributed by atoms with van der Waals surface area (Å²) in [6.07, 6.45) is 12.9. The number of nitrogens with one attached hydrogen (secondary N) is 1. The van der Waals surface area contributed by atoms with E-state index in [1.165, 1.54) is 45.1 Å². The molecule has 1 saturated carbocycles. The number of rotatable bonds is 3. The lowest BCUT2D eigenvalue weighted by molar-refractivity contribution is 0.230. The number of hydrogen-bond acceptors (Lipinski definition) is 1. The van der Waals surface area contributed by atoms with E-state index in [0.29, 0.717) is 0 Å². The van der Waals surface area contributed by atoms with Crippen LogP contribution in [0, 0.1) is 17.8 Å². The van der Waals surface area contributed by atoms with E-state index in [0.717, 1.165) is 23.8 Å². The molecule has 0 saturated heterocycles. The lowest BCUT2D eigenvalue weighted by Gasteiger charge is -2.33. The van der Waals surface area contributed by atoms with Gasteiger partial charge < -0.3 is 5.32 Å². The fourth-order valence-corrected chi connectivity index (χ4v) is 3.49. The summed E-state index contributed by atoms with van der Waals surface area (Å²) in [5, 5.41) is 3.82. The third-order valence-corrected chi connectivity index (χ3v) is 4.25. The van der Waals surface area contributed by atoms with Crippen LogP contribution in [0.1, 0.15) is 52.4 Å². The topological polar surface area (TPSA) is 12.0 Å². The third-order valence-electron chi connectivity index (χ3n) is 4.25. The van der Waals surface area contributed by atoms with Crippen molar-refractivity contribution in [2.45, 2.75) is 58.4 Å². The van der Waals surface area contributed by atoms with Crippen LogP contribution in [0.3, 0.4) is 0 Å². The second kappa shape index (κ2) is 5.86. The molecule has 0 aliphatic heterocycles. The highest BCUT2D eigenvalue weighted by molar-refractivity contribution is 4.91. The second-order valence-corrected chi connectivity index (χ2v) is 6.17. The minimum absolute atomic E-state index is 0.796. The Labute approximate surface area is 101 Å². The van der Waals surface area contributed by atoms with E-state index < -0.39 is 0 Å². The predicted octanol–water partition coefficient (Wildman–Crippen LogP) is 3.76. The van der Waals surface area contributed by atoms with Gasteiger partial charge in [0.1, 0.15) is 0 Å². The molecule has 0 amide bonds. The molecule has 0 bridgehead atoms. The summed E-state index contributed by atoms with van der Waals surface area (Å²) in [6, 6.07) is 0.796. The first-order chi connectivity index (χ1) is 7.74. The summed E-state index contributed by atoms with van der Waals surface area (Å²) in [5.41, 5.74) is 0. The normalized spacial score (nSPS) is 39.9. The van der Waals surface area contributed by atoms with Crippen molar-refractivity contribution in [2.24, 2.45) is 17.8 Å². The van der Waals surface area contributed by atoms with Gasteiger partial charge in [-0.25, -0.2) is 0 Å². The highest BCUT2D eigenvalue weighted by Crippen LogP contribution is 2.29. The highest BCUT2D eigenvalue weighted by Gasteiger charge is 2.24. The van der Waals surface area contributed by atoms with Gasteiger partial charge in [-0.1, -0.05) is 26.0 Å². The molecule has 2 rings (SSSR count). The van der Waals surface area contributed by atoms with Crippen molar-refractivity contribution in [3.63, 3.8) is 0 Å². The van der Waals surface area contributed by atoms with E-state index in [4.69, 9.17) is 0 Å². The molecule has 1 N–H and O–H groups in total. The number of hydrogen-bond donors (Lipinski definition) is 1. The van der Waals surface area contributed by atoms with E-state index in [2.05, 4.69) is 31.3 Å². The van der Waals surface area contributed by atoms with Crippen LogP contribution in [-0.2, 0) is 0 Å². The molecule has 0 aromatic heterocycles. The van der Waals surface area contributed by atoms with Crippen LogP contribution < -0.4 is 5.32 Å². The van der Waals surface area contributed by atoms with Crippen molar-refractivity contribution in [1.29, 1.82) is 0 Å². The fraction of sp³-hybridized carbons (Fsp3) is 0.867. The zero-order chi connectivity index (χ0) is 11.4. The van der Waals surface area contributed by atoms with Gasteiger partial charge in [0.25, 0.3) is 0 Å². The monoisotopic (exact) mass is 221 g/mol. The van der Waals surface area contributed by atoms with Gasteiger partial charge in [0.05, 0.1) is 0 Å². The van der Waals surface area contributed by atoms with Gasteiger partial charge in [-0.05, 0) is 62.8 Å². The average Bonchev–Trinajstić information content (AvgIpc) is 2.27. The van der Waals surface area contributed by atoms with E-state index in [1.807, 2.05) is 0 Å². The maximum atomic E-state index is 3.82. The molecule has 1 heteroatoms. The highest BCUT2D eigenvalue weighted by atomic mass is 14.9. The molecule has 16 heavy (non-hydrogen) atoms. The quantitative estimate of drug-likeness (QED) is 0.716. The smallest absolute Gasteiger partial charge is 0.00722 e. The van der Waals surface area contributed by atoms with Crippen LogP contribution in [-0.4, -0.2) is 12.6 Å². The van der Waals surface area contributed by atoms with Gasteiger partial charge in [-0.3, -0.25) is 0 Å². The van der Waals surface area contributed by atoms with Crippen molar-refractivity contribution >= 4 is 0 Å². The van der Waals surface area contributed by atoms with Crippen LogP contribution in [0.25, 0.3) is 0 Å². The van der Waals surface area contributed by atoms with Crippen LogP contribution in [0.4, 0.5) is 0 Å². The van der Waals surface area contributed by atoms with Crippen molar-refractivity contribution in [1.82, 2.24) is 5.32 Å². The lowest BCUT2D eigenvalue weighted by Crippen LogP contribution is -2.39. The van der Waals surface area contributed by atoms with Crippen molar-refractivity contribution in [3.05, 3.63) is 12.2 Å². The minimum Gasteiger partial charge on any atom is -0.314 e. The van der Waals surface area contributed by atoms with Crippen LogP contribution in [0.15, 0.2) is 12.2 Å². The lowest BCUT2D eigenvalue weighted by atomic mass is 9.80. The van der Waals surface area contributed by atoms with E-state index in [1.54, 1.807) is 0 Å². The molecule has 0 heterocycles. The largest absolute Gasteiger partial charge is 0.314 e. The molecule has 3 unspecified atom stereocenters. The van der Waals surface area contributed by atoms with Crippen molar-refractivity contribution < 1.29 is 0 Å². The maximum absolute atomic E-state index is 3.82. The standard InChI is InChI=1S/C15H27N/c1-12-8-13(2)10-15(9-12)16-11-14-6-4-3-5-7-14/h3-4,12-16H,5-11H2,1-2H3. The summed E-state index contributed by atoms with van der Waals surface area (Å²) in [5.74, 6) is 2.75. The fourth-order valence-electron chi connectivity index (χ4n) is 3.49. The van der Waals surface area contributed by atoms with Crippen molar-refractivity contribution in [2.75, 3.05) is 6.54 Å². The Balaban J connectivity index is 1.70. The summed E-state index contributed by atoms with van der Waals surface area (Å²) in [4.78, 5) is 0. The molecule has 0 spiro atoms. The third kappa shape index (κ3) is 3.62. The van der Waals surface area contributed by atoms with Gasteiger partial charge in [0.15, 0.2) is 0 Å². The Morgan fingerprint density at radius 1 is 1.06 bits per heavy atom. The van der Waals surface area contributed by atoms with Crippen molar-refractivity contribution in [3.8, 4) is 0 Å². The zero-order valence-corrected chi connectivity index (χ0v) is 10.9. The Hall–Kier alpha value is -0.300. The molecule has 1 nitrogen and oxygen atoms in total. The summed E-state index contributed by atoms with van der Waals surface area (Å²) < 4.78 is 0. The molecule has 0 radical (unpaired) electrons. The molecular weight excluding hydrogens is 194 g/mol. The molecule has 2 aliphatic rings. The van der Waals surface area contributed by atoms with Gasteiger partial charge >= 0.3 is 0 Å². The maximum Gasteiger partial charge on any atom is 0.00722 e. The predicted molar refractivity (Wildman–Crippen MR) is 70.5 cm³/mol. The summed E-state index contributed by atoms with van der Waals surface area (Å²) >= 11 is 0. The summed E-state index contributed by atoms with van der Waals surface area (Å²) in [7, 11) is 0. The first-order valence-corrected chi connectivity index (χ1v) is 7.12. The summed E-state index contributed by atoms with van der Waals surface area (Å²) in [6.45, 7) is 6.07. The molecule has 92 valence electrons. The Kier molecular flexibility index (Phi) is 4.45. The van der Waals surface area contributed by atoms with Gasteiger partial charge in [-0.15, -0.1) is 0 Å². The molecular formula is C15H27N. The number of allylic oxidation sites excluding steroid dienone is 2. The zero-order valence-electron chi connectivity index (χ0n) is 10.9. The Bertz CT molecular complexity index is 224. The van der Waals surface area contributed by atoms with Crippen LogP contribution in [0.5, 0.6) is 0 Å². The first-order valence-electron chi connectivity index (χ1n) is 7.12. The molecule has 3 atom stereocenters. The second-order valence-electron chi connectivity index (χ2n) is 6.17. The van der Waals surface area contributed by atoms with E-state index in [-0.39, 0.29) is 0 Å². The van der Waals surface area contributed by atoms with E-state index >= 15 is 0 Å². The molecule has 0 aromatic rings. The minimum atomic E-state index is 0.796. The molecule has 0 aromatic carbocycles. The van der Waals surface area contributed by atoms with Gasteiger partial charge in [0, 0.05) is 6.04 Å². The average molecular weight is 221 g/mol. The van der Waals surface area contributed by atoms with Gasteiger partial charge in [-0.2, -0.15) is 0 Å². The molecule has 2 aliphatic carbocycles. The van der Waals surface area contributed by atoms with E-state index in [9.17, 15) is 0 Å². The SMILES string of the molecule is CC1CC(C)CC(NCC2CC=CCC2)C1. The molecule has 1 fully saturated rings. The Morgan fingerprint density at radius 2 is 1.81 bits per heavy atom. The van der Waals surface area contributed by atoms with Crippen LogP contribution in [0.2, 0.25) is 0 Å². The van der Waals surface area contributed by atoms with Gasteiger partial charge in [0.2, 0.25) is 0 Å². The first kappa shape index (κ1) is 12.2.